The molecule has 0 aliphatic carbocycles. The van der Waals surface area contributed by atoms with Crippen LogP contribution >= 0.6 is 0 Å². The predicted molar refractivity (Wildman–Crippen MR) is 387 cm³/mol. The van der Waals surface area contributed by atoms with Crippen molar-refractivity contribution in [2.24, 2.45) is 0 Å². The molecule has 0 aromatic rings. The lowest BCUT2D eigenvalue weighted by molar-refractivity contribution is -0.379. The molecule has 566 valence electrons. The van der Waals surface area contributed by atoms with Gasteiger partial charge in [-0.05, 0) is 89.9 Å². The Morgan fingerprint density at radius 2 is 0.714 bits per heavy atom. The van der Waals surface area contributed by atoms with Crippen molar-refractivity contribution in [3.05, 3.63) is 97.2 Å². The summed E-state index contributed by atoms with van der Waals surface area (Å²) in [6.45, 7) is 1.61. The van der Waals surface area contributed by atoms with Crippen molar-refractivity contribution in [2.45, 2.75) is 369 Å². The quantitative estimate of drug-likeness (QED) is 0.0199. The fourth-order valence-corrected chi connectivity index (χ4v) is 12.4. The smallest absolute Gasteiger partial charge is 0.220 e. The van der Waals surface area contributed by atoms with Crippen LogP contribution in [0.25, 0.3) is 0 Å². The zero-order valence-corrected chi connectivity index (χ0v) is 60.2. The van der Waals surface area contributed by atoms with Gasteiger partial charge in [0.15, 0.2) is 18.9 Å². The third-order valence-corrected chi connectivity index (χ3v) is 18.6. The van der Waals surface area contributed by atoms with Gasteiger partial charge in [0.1, 0.15) is 73.2 Å². The number of amides is 1. The van der Waals surface area contributed by atoms with Crippen LogP contribution in [-0.4, -0.2) is 193 Å². The maximum absolute atomic E-state index is 13.5. The molecular formula is C79H137NO18. The van der Waals surface area contributed by atoms with Gasteiger partial charge >= 0.3 is 0 Å². The highest BCUT2D eigenvalue weighted by atomic mass is 16.8. The molecule has 0 spiro atoms. The van der Waals surface area contributed by atoms with E-state index in [0.29, 0.717) is 12.8 Å². The molecule has 0 saturated carbocycles. The lowest BCUT2D eigenvalue weighted by Crippen LogP contribution is -2.66. The van der Waals surface area contributed by atoms with Crippen molar-refractivity contribution in [2.75, 3.05) is 26.4 Å². The van der Waals surface area contributed by atoms with Crippen molar-refractivity contribution >= 4 is 5.91 Å². The van der Waals surface area contributed by atoms with Crippen LogP contribution < -0.4 is 5.32 Å². The third-order valence-electron chi connectivity index (χ3n) is 18.6. The molecule has 19 heteroatoms. The van der Waals surface area contributed by atoms with E-state index in [4.69, 9.17) is 28.4 Å². The predicted octanol–water partition coefficient (Wildman–Crippen LogP) is 12.0. The molecule has 17 unspecified atom stereocenters. The van der Waals surface area contributed by atoms with Crippen molar-refractivity contribution in [3.8, 4) is 0 Å². The lowest BCUT2D eigenvalue weighted by atomic mass is 9.96. The van der Waals surface area contributed by atoms with E-state index in [-0.39, 0.29) is 18.9 Å². The molecule has 98 heavy (non-hydrogen) atoms. The number of hydrogen-bond donors (Lipinski definition) is 12. The summed E-state index contributed by atoms with van der Waals surface area (Å²) in [5.74, 6) is -0.291. The second-order valence-electron chi connectivity index (χ2n) is 27.1. The van der Waals surface area contributed by atoms with Gasteiger partial charge in [-0.1, -0.05) is 265 Å². The number of ether oxygens (including phenoxy) is 6. The molecule has 3 fully saturated rings. The first-order chi connectivity index (χ1) is 47.8. The topological polar surface area (TPSA) is 307 Å². The van der Waals surface area contributed by atoms with Crippen LogP contribution in [-0.2, 0) is 33.2 Å². The van der Waals surface area contributed by atoms with Crippen molar-refractivity contribution in [1.82, 2.24) is 5.32 Å². The van der Waals surface area contributed by atoms with E-state index in [9.17, 15) is 61.0 Å². The van der Waals surface area contributed by atoms with Crippen molar-refractivity contribution in [1.29, 1.82) is 0 Å². The lowest BCUT2D eigenvalue weighted by Gasteiger charge is -2.48. The number of carbonyl (C=O) groups excluding carboxylic acids is 1. The summed E-state index contributed by atoms with van der Waals surface area (Å²) in [5, 5.41) is 121. The number of nitrogens with one attached hydrogen (secondary N) is 1. The molecule has 3 heterocycles. The van der Waals surface area contributed by atoms with E-state index >= 15 is 0 Å². The molecule has 0 aromatic carbocycles. The average Bonchev–Trinajstić information content (AvgIpc) is 0.785. The highest BCUT2D eigenvalue weighted by molar-refractivity contribution is 5.76. The molecule has 19 nitrogen and oxygen atoms in total. The largest absolute Gasteiger partial charge is 0.394 e. The zero-order valence-electron chi connectivity index (χ0n) is 60.2. The minimum Gasteiger partial charge on any atom is -0.394 e. The van der Waals surface area contributed by atoms with Gasteiger partial charge in [0, 0.05) is 6.42 Å². The van der Waals surface area contributed by atoms with Crippen LogP contribution in [0.3, 0.4) is 0 Å². The average molecular weight is 1390 g/mol. The summed E-state index contributed by atoms with van der Waals surface area (Å²) >= 11 is 0. The summed E-state index contributed by atoms with van der Waals surface area (Å²) in [7, 11) is 0. The Morgan fingerprint density at radius 1 is 0.378 bits per heavy atom. The fourth-order valence-electron chi connectivity index (χ4n) is 12.4. The Hall–Kier alpha value is -3.29. The Kier molecular flexibility index (Phi) is 53.7. The number of aliphatic hydroxyl groups is 11. The third kappa shape index (κ3) is 39.4. The molecule has 12 N–H and O–H groups in total. The van der Waals surface area contributed by atoms with Crippen LogP contribution in [0.2, 0.25) is 0 Å². The molecule has 17 atom stereocenters. The van der Waals surface area contributed by atoms with Gasteiger partial charge in [-0.25, -0.2) is 0 Å². The summed E-state index contributed by atoms with van der Waals surface area (Å²) in [5.41, 5.74) is 0. The molecule has 0 radical (unpaired) electrons. The molecule has 3 aliphatic heterocycles. The Bertz CT molecular complexity index is 2150. The second kappa shape index (κ2) is 59.1. The van der Waals surface area contributed by atoms with Crippen LogP contribution in [0.1, 0.15) is 264 Å². The first-order valence-corrected chi connectivity index (χ1v) is 38.5. The molecule has 0 bridgehead atoms. The minimum atomic E-state index is -1.99. The van der Waals surface area contributed by atoms with Gasteiger partial charge in [-0.2, -0.15) is 0 Å². The van der Waals surface area contributed by atoms with Crippen LogP contribution in [0, 0.1) is 0 Å². The number of allylic oxidation sites excluding steroid dienone is 15. The highest BCUT2D eigenvalue weighted by Crippen LogP contribution is 2.33. The number of unbranched alkanes of at least 4 members (excludes halogenated alkanes) is 29. The van der Waals surface area contributed by atoms with Crippen molar-refractivity contribution < 1.29 is 89.4 Å². The molecular weight excluding hydrogens is 1250 g/mol. The van der Waals surface area contributed by atoms with Gasteiger partial charge in [0.05, 0.1) is 38.6 Å². The SMILES string of the molecule is CC/C=C\C/C=C\C/C=C\C/C=C\C/C=C\CCCCCCCCCCCCCCCCCC(=O)NC(COC1OC(CO)C(OC2OC(CO)C(OC3OC(CO)C(O)C(O)C3O)C(O)C2O)C(O)C1O)C(O)/C=C/CC/C=C/CC/C=C/CCCCCCCCCCCCCC. The minimum absolute atomic E-state index is 0.227. The number of carbonyl (C=O) groups is 1. The van der Waals surface area contributed by atoms with Gasteiger partial charge in [-0.15, -0.1) is 0 Å². The van der Waals surface area contributed by atoms with Gasteiger partial charge in [0.25, 0.3) is 0 Å². The molecule has 3 rings (SSSR count). The van der Waals surface area contributed by atoms with E-state index in [0.717, 1.165) is 83.5 Å². The Balaban J connectivity index is 1.40. The van der Waals surface area contributed by atoms with E-state index in [1.165, 1.54) is 148 Å². The van der Waals surface area contributed by atoms with Gasteiger partial charge in [-0.3, -0.25) is 4.79 Å². The number of aliphatic hydroxyl groups excluding tert-OH is 11. The van der Waals surface area contributed by atoms with Crippen LogP contribution in [0.4, 0.5) is 0 Å². The molecule has 3 aliphatic rings. The monoisotopic (exact) mass is 1390 g/mol. The summed E-state index contributed by atoms with van der Waals surface area (Å²) < 4.78 is 34.4. The molecule has 1 amide bonds. The van der Waals surface area contributed by atoms with E-state index in [1.807, 2.05) is 6.08 Å². The summed E-state index contributed by atoms with van der Waals surface area (Å²) in [4.78, 5) is 13.5. The maximum atomic E-state index is 13.5. The first-order valence-electron chi connectivity index (χ1n) is 38.5. The number of rotatable bonds is 59. The second-order valence-corrected chi connectivity index (χ2v) is 27.1. The van der Waals surface area contributed by atoms with E-state index in [2.05, 4.69) is 104 Å². The van der Waals surface area contributed by atoms with E-state index in [1.54, 1.807) is 6.08 Å². The summed E-state index contributed by atoms with van der Waals surface area (Å²) in [6.07, 6.45) is 52.4. The number of hydrogen-bond acceptors (Lipinski definition) is 18. The standard InChI is InChI=1S/C79H137NO18/c1-3-5-7-9-11-13-15-17-19-21-23-25-27-28-29-30-31-32-33-34-35-37-39-41-43-45-47-49-51-53-55-57-67(85)80-62(63(84)56-54-52-50-48-46-44-42-40-38-36-26-24-22-20-18-16-14-12-10-8-6-4-2)61-93-77-73(91)70(88)75(65(59-82)95-77)98-79-74(92)71(89)76(66(60-83)96-79)97-78-72(90)69(87)68(86)64(58-81)94-78/h5,7,11,13,17,19,23,25,28-29,38,40,46,48,54,56,62-66,68-79,81-84,86-92H,3-4,6,8-10,12,14-16,18,20-22,24,26-27,30-37,39,41-45,47,49-53,55,57-61H2,1-2H3,(H,80,85)/b7-5-,13-11-,19-17-,25-23-,29-28-,40-38+,48-46+,56-54+. The Labute approximate surface area is 590 Å². The van der Waals surface area contributed by atoms with Crippen LogP contribution in [0.15, 0.2) is 97.2 Å². The fraction of sp³-hybridized carbons (Fsp3) is 0.785. The molecule has 3 saturated heterocycles. The highest BCUT2D eigenvalue weighted by Gasteiger charge is 2.53. The summed E-state index contributed by atoms with van der Waals surface area (Å²) in [6, 6.07) is -1.00. The molecule has 0 aromatic heterocycles. The maximum Gasteiger partial charge on any atom is 0.220 e. The first kappa shape index (κ1) is 88.9. The zero-order chi connectivity index (χ0) is 71.1. The normalized spacial score (nSPS) is 27.3. The van der Waals surface area contributed by atoms with E-state index < -0.39 is 124 Å². The van der Waals surface area contributed by atoms with Gasteiger partial charge in [0.2, 0.25) is 5.91 Å². The van der Waals surface area contributed by atoms with Gasteiger partial charge < -0.3 is 89.9 Å². The van der Waals surface area contributed by atoms with Crippen molar-refractivity contribution in [3.63, 3.8) is 0 Å². The Morgan fingerprint density at radius 3 is 1.14 bits per heavy atom. The van der Waals surface area contributed by atoms with Crippen LogP contribution in [0.5, 0.6) is 0 Å².